The molecule has 0 radical (unpaired) electrons. The quantitative estimate of drug-likeness (QED) is 0.395. The van der Waals surface area contributed by atoms with E-state index in [1.807, 2.05) is 17.5 Å². The summed E-state index contributed by atoms with van der Waals surface area (Å²) in [6.07, 6.45) is 5.24. The Bertz CT molecular complexity index is 1300. The van der Waals surface area contributed by atoms with E-state index in [9.17, 15) is 14.4 Å². The van der Waals surface area contributed by atoms with Crippen LogP contribution in [-0.4, -0.2) is 44.1 Å². The van der Waals surface area contributed by atoms with E-state index in [1.165, 1.54) is 18.4 Å². The Morgan fingerprint density at radius 2 is 1.74 bits per heavy atom. The largest absolute Gasteiger partial charge is 0.486 e. The summed E-state index contributed by atoms with van der Waals surface area (Å²) >= 11 is 1.49. The second kappa shape index (κ2) is 12.3. The van der Waals surface area contributed by atoms with E-state index in [0.29, 0.717) is 41.5 Å². The van der Waals surface area contributed by atoms with Crippen LogP contribution in [0, 0.1) is 0 Å². The van der Waals surface area contributed by atoms with Crippen LogP contribution in [0.5, 0.6) is 11.5 Å². The van der Waals surface area contributed by atoms with Gasteiger partial charge in [0.25, 0.3) is 0 Å². The van der Waals surface area contributed by atoms with Crippen LogP contribution in [0.2, 0.25) is 0 Å². The summed E-state index contributed by atoms with van der Waals surface area (Å²) in [6, 6.07) is 14.9. The summed E-state index contributed by atoms with van der Waals surface area (Å²) < 4.78 is 16.3. The summed E-state index contributed by atoms with van der Waals surface area (Å²) in [5, 5.41) is 5.14. The lowest BCUT2D eigenvalue weighted by Gasteiger charge is -2.34. The lowest BCUT2D eigenvalue weighted by molar-refractivity contribution is -0.127. The standard InChI is InChI=1S/C30H32N2O6S/c1-36-30(35)21-11-9-20(10-12-21)28(29(34)31-22-6-3-2-4-7-22)32(27(33)19-24-8-5-17-39-24)23-13-14-25-26(18-23)38-16-15-37-25/h5,8-14,17-18,22,28H,2-4,6-7,15-16,19H2,1H3,(H,31,34). The Kier molecular flexibility index (Phi) is 8.46. The zero-order chi connectivity index (χ0) is 27.2. The third-order valence-corrected chi connectivity index (χ3v) is 7.96. The number of amides is 2. The molecule has 9 heteroatoms. The first-order chi connectivity index (χ1) is 19.0. The molecule has 2 aromatic carbocycles. The molecule has 2 aliphatic rings. The van der Waals surface area contributed by atoms with Gasteiger partial charge in [-0.1, -0.05) is 37.5 Å². The molecule has 1 aromatic heterocycles. The molecular weight excluding hydrogens is 516 g/mol. The number of carbonyl (C=O) groups excluding carboxylic acids is 3. The predicted molar refractivity (Wildman–Crippen MR) is 148 cm³/mol. The number of nitrogens with one attached hydrogen (secondary N) is 1. The highest BCUT2D eigenvalue weighted by molar-refractivity contribution is 7.10. The van der Waals surface area contributed by atoms with Gasteiger partial charge in [-0.25, -0.2) is 4.79 Å². The van der Waals surface area contributed by atoms with Crippen molar-refractivity contribution in [1.82, 2.24) is 5.32 Å². The van der Waals surface area contributed by atoms with Crippen LogP contribution in [0.4, 0.5) is 5.69 Å². The van der Waals surface area contributed by atoms with Crippen LogP contribution in [0.1, 0.15) is 58.9 Å². The van der Waals surface area contributed by atoms with Crippen molar-refractivity contribution < 1.29 is 28.6 Å². The second-order valence-corrected chi connectivity index (χ2v) is 10.7. The number of thiophene rings is 1. The third-order valence-electron chi connectivity index (χ3n) is 7.08. The topological polar surface area (TPSA) is 94.2 Å². The van der Waals surface area contributed by atoms with E-state index in [2.05, 4.69) is 5.32 Å². The highest BCUT2D eigenvalue weighted by Gasteiger charge is 2.35. The number of ether oxygens (including phenoxy) is 3. The Morgan fingerprint density at radius 3 is 2.44 bits per heavy atom. The van der Waals surface area contributed by atoms with E-state index in [0.717, 1.165) is 37.0 Å². The molecule has 2 heterocycles. The number of fused-ring (bicyclic) bond motifs is 1. The smallest absolute Gasteiger partial charge is 0.337 e. The molecule has 1 aliphatic heterocycles. The number of esters is 1. The van der Waals surface area contributed by atoms with E-state index in [-0.39, 0.29) is 24.3 Å². The number of rotatable bonds is 8. The fourth-order valence-corrected chi connectivity index (χ4v) is 5.83. The number of carbonyl (C=O) groups is 3. The van der Waals surface area contributed by atoms with Crippen LogP contribution >= 0.6 is 11.3 Å². The molecule has 3 aromatic rings. The van der Waals surface area contributed by atoms with Gasteiger partial charge in [0.2, 0.25) is 11.8 Å². The minimum absolute atomic E-state index is 0.0533. The molecule has 0 spiro atoms. The number of nitrogens with zero attached hydrogens (tertiary/aromatic N) is 1. The molecule has 1 N–H and O–H groups in total. The summed E-state index contributed by atoms with van der Waals surface area (Å²) in [4.78, 5) is 42.6. The van der Waals surface area contributed by atoms with E-state index >= 15 is 0 Å². The molecule has 0 bridgehead atoms. The Morgan fingerprint density at radius 1 is 1.00 bits per heavy atom. The maximum absolute atomic E-state index is 14.0. The normalized spacial score (nSPS) is 15.7. The van der Waals surface area contributed by atoms with Crippen molar-refractivity contribution in [3.05, 3.63) is 76.0 Å². The Balaban J connectivity index is 1.57. The van der Waals surface area contributed by atoms with Gasteiger partial charge in [0, 0.05) is 22.7 Å². The van der Waals surface area contributed by atoms with Gasteiger partial charge >= 0.3 is 5.97 Å². The predicted octanol–water partition coefficient (Wildman–Crippen LogP) is 5.07. The minimum Gasteiger partial charge on any atom is -0.486 e. The number of hydrogen-bond acceptors (Lipinski definition) is 7. The minimum atomic E-state index is -0.964. The SMILES string of the molecule is COC(=O)c1ccc(C(C(=O)NC2CCCCC2)N(C(=O)Cc2cccs2)c2ccc3c(c2)OCCO3)cc1. The van der Waals surface area contributed by atoms with Crippen molar-refractivity contribution in [2.24, 2.45) is 0 Å². The van der Waals surface area contributed by atoms with Gasteiger partial charge < -0.3 is 19.5 Å². The molecule has 1 saturated carbocycles. The third kappa shape index (κ3) is 6.25. The Hall–Kier alpha value is -3.85. The lowest BCUT2D eigenvalue weighted by Crippen LogP contribution is -2.47. The van der Waals surface area contributed by atoms with Gasteiger partial charge in [-0.2, -0.15) is 0 Å². The van der Waals surface area contributed by atoms with Crippen molar-refractivity contribution >= 4 is 34.8 Å². The highest BCUT2D eigenvalue weighted by atomic mass is 32.1. The first kappa shape index (κ1) is 26.7. The molecule has 1 fully saturated rings. The molecule has 1 unspecified atom stereocenters. The van der Waals surface area contributed by atoms with E-state index in [4.69, 9.17) is 14.2 Å². The first-order valence-electron chi connectivity index (χ1n) is 13.3. The maximum atomic E-state index is 14.0. The summed E-state index contributed by atoms with van der Waals surface area (Å²) in [7, 11) is 1.32. The molecule has 2 amide bonds. The van der Waals surface area contributed by atoms with Crippen LogP contribution in [-0.2, 0) is 20.7 Å². The van der Waals surface area contributed by atoms with Crippen molar-refractivity contribution in [2.45, 2.75) is 50.6 Å². The average Bonchev–Trinajstić information content (AvgIpc) is 3.48. The van der Waals surface area contributed by atoms with Crippen LogP contribution < -0.4 is 19.7 Å². The fraction of sp³-hybridized carbons (Fsp3) is 0.367. The van der Waals surface area contributed by atoms with Gasteiger partial charge in [-0.15, -0.1) is 11.3 Å². The molecule has 5 rings (SSSR count). The molecule has 8 nitrogen and oxygen atoms in total. The Labute approximate surface area is 231 Å². The summed E-state index contributed by atoms with van der Waals surface area (Å²) in [5.41, 5.74) is 1.48. The maximum Gasteiger partial charge on any atom is 0.337 e. The zero-order valence-corrected chi connectivity index (χ0v) is 22.7. The number of hydrogen-bond donors (Lipinski definition) is 1. The summed E-state index contributed by atoms with van der Waals surface area (Å²) in [5.74, 6) is 0.167. The highest BCUT2D eigenvalue weighted by Crippen LogP contribution is 2.38. The average molecular weight is 549 g/mol. The first-order valence-corrected chi connectivity index (χ1v) is 14.1. The number of methoxy groups -OCH3 is 1. The van der Waals surface area contributed by atoms with Crippen molar-refractivity contribution in [1.29, 1.82) is 0 Å². The van der Waals surface area contributed by atoms with Crippen LogP contribution in [0.15, 0.2) is 60.0 Å². The van der Waals surface area contributed by atoms with Gasteiger partial charge in [-0.3, -0.25) is 14.5 Å². The second-order valence-electron chi connectivity index (χ2n) is 9.71. The number of benzene rings is 2. The van der Waals surface area contributed by atoms with Gasteiger partial charge in [-0.05, 0) is 54.1 Å². The molecule has 39 heavy (non-hydrogen) atoms. The van der Waals surface area contributed by atoms with Gasteiger partial charge in [0.05, 0.1) is 19.1 Å². The molecule has 204 valence electrons. The van der Waals surface area contributed by atoms with Crippen molar-refractivity contribution in [3.8, 4) is 11.5 Å². The van der Waals surface area contributed by atoms with Crippen LogP contribution in [0.3, 0.4) is 0 Å². The lowest BCUT2D eigenvalue weighted by atomic mass is 9.94. The molecule has 1 aliphatic carbocycles. The van der Waals surface area contributed by atoms with Gasteiger partial charge in [0.15, 0.2) is 11.5 Å². The van der Waals surface area contributed by atoms with E-state index < -0.39 is 12.0 Å². The van der Waals surface area contributed by atoms with Gasteiger partial charge in [0.1, 0.15) is 19.3 Å². The monoisotopic (exact) mass is 548 g/mol. The molecular formula is C30H32N2O6S. The fourth-order valence-electron chi connectivity index (χ4n) is 5.13. The van der Waals surface area contributed by atoms with E-state index in [1.54, 1.807) is 47.4 Å². The summed E-state index contributed by atoms with van der Waals surface area (Å²) in [6.45, 7) is 0.854. The van der Waals surface area contributed by atoms with Crippen LogP contribution in [0.25, 0.3) is 0 Å². The molecule has 1 atom stereocenters. The number of anilines is 1. The zero-order valence-electron chi connectivity index (χ0n) is 21.9. The van der Waals surface area contributed by atoms with Crippen molar-refractivity contribution in [3.63, 3.8) is 0 Å². The molecule has 0 saturated heterocycles. The van der Waals surface area contributed by atoms with Crippen molar-refractivity contribution in [2.75, 3.05) is 25.2 Å².